The smallest absolute Gasteiger partial charge is 0.231 e. The minimum atomic E-state index is -0.499. The van der Waals surface area contributed by atoms with Gasteiger partial charge in [0.15, 0.2) is 0 Å². The molecular formula is C11H12FIN2O. The third kappa shape index (κ3) is 2.00. The number of anilines is 2. The van der Waals surface area contributed by atoms with Crippen LogP contribution in [0.2, 0.25) is 0 Å². The first-order valence-corrected chi connectivity index (χ1v) is 6.02. The second-order valence-electron chi connectivity index (χ2n) is 4.50. The average molecular weight is 334 g/mol. The van der Waals surface area contributed by atoms with Gasteiger partial charge in [-0.25, -0.2) is 4.39 Å². The minimum Gasteiger partial charge on any atom is -0.382 e. The van der Waals surface area contributed by atoms with Crippen molar-refractivity contribution in [2.75, 3.05) is 17.2 Å². The molecule has 16 heavy (non-hydrogen) atoms. The zero-order chi connectivity index (χ0) is 11.9. The van der Waals surface area contributed by atoms with Crippen molar-refractivity contribution in [2.24, 2.45) is 5.41 Å². The molecule has 0 fully saturated rings. The highest BCUT2D eigenvalue weighted by molar-refractivity contribution is 14.1. The molecule has 0 unspecified atom stereocenters. The highest BCUT2D eigenvalue weighted by Crippen LogP contribution is 2.32. The van der Waals surface area contributed by atoms with Gasteiger partial charge in [0.25, 0.3) is 0 Å². The molecule has 2 N–H and O–H groups in total. The Labute approximate surface area is 107 Å². The average Bonchev–Trinajstić information content (AvgIpc) is 2.29. The molecule has 0 saturated heterocycles. The van der Waals surface area contributed by atoms with Crippen molar-refractivity contribution in [3.8, 4) is 0 Å². The van der Waals surface area contributed by atoms with Crippen LogP contribution >= 0.6 is 22.6 Å². The number of benzene rings is 1. The van der Waals surface area contributed by atoms with Crippen molar-refractivity contribution >= 4 is 39.9 Å². The second-order valence-corrected chi connectivity index (χ2v) is 5.67. The summed E-state index contributed by atoms with van der Waals surface area (Å²) in [6.07, 6.45) is 0. The maximum absolute atomic E-state index is 13.4. The highest BCUT2D eigenvalue weighted by Gasteiger charge is 2.31. The predicted molar refractivity (Wildman–Crippen MR) is 70.0 cm³/mol. The summed E-state index contributed by atoms with van der Waals surface area (Å²) in [5, 5.41) is 5.89. The summed E-state index contributed by atoms with van der Waals surface area (Å²) >= 11 is 1.90. The van der Waals surface area contributed by atoms with Crippen molar-refractivity contribution < 1.29 is 9.18 Å². The Kier molecular flexibility index (Phi) is 2.81. The van der Waals surface area contributed by atoms with Crippen LogP contribution in [0.15, 0.2) is 12.1 Å². The highest BCUT2D eigenvalue weighted by atomic mass is 127. The minimum absolute atomic E-state index is 0.0545. The molecule has 5 heteroatoms. The number of nitrogens with one attached hydrogen (secondary N) is 2. The zero-order valence-corrected chi connectivity index (χ0v) is 11.2. The first-order valence-electron chi connectivity index (χ1n) is 4.94. The number of hydrogen-bond acceptors (Lipinski definition) is 2. The van der Waals surface area contributed by atoms with Gasteiger partial charge in [-0.05, 0) is 42.5 Å². The topological polar surface area (TPSA) is 41.1 Å². The monoisotopic (exact) mass is 334 g/mol. The molecule has 0 atom stereocenters. The van der Waals surface area contributed by atoms with Crippen molar-refractivity contribution in [2.45, 2.75) is 13.8 Å². The number of halogens is 2. The van der Waals surface area contributed by atoms with Gasteiger partial charge in [-0.1, -0.05) is 0 Å². The third-order valence-electron chi connectivity index (χ3n) is 2.64. The van der Waals surface area contributed by atoms with Gasteiger partial charge in [-0.3, -0.25) is 4.79 Å². The third-order valence-corrected chi connectivity index (χ3v) is 3.47. The van der Waals surface area contributed by atoms with E-state index in [4.69, 9.17) is 0 Å². The Balaban J connectivity index is 2.45. The molecule has 0 bridgehead atoms. The number of amides is 1. The van der Waals surface area contributed by atoms with Crippen LogP contribution in [-0.2, 0) is 4.79 Å². The molecule has 1 amide bonds. The fraction of sp³-hybridized carbons (Fsp3) is 0.364. The standard InChI is InChI=1S/C11H12FIN2O/c1-11(2)5-14-8-3-6(12)7(13)4-9(8)15-10(11)16/h3-4,14H,5H2,1-2H3,(H,15,16). The largest absolute Gasteiger partial charge is 0.382 e. The maximum Gasteiger partial charge on any atom is 0.231 e. The van der Waals surface area contributed by atoms with E-state index in [9.17, 15) is 9.18 Å². The lowest BCUT2D eigenvalue weighted by molar-refractivity contribution is -0.123. The molecular weight excluding hydrogens is 322 g/mol. The van der Waals surface area contributed by atoms with E-state index in [-0.39, 0.29) is 11.7 Å². The Morgan fingerprint density at radius 2 is 2.06 bits per heavy atom. The van der Waals surface area contributed by atoms with Crippen LogP contribution in [0.4, 0.5) is 15.8 Å². The zero-order valence-electron chi connectivity index (χ0n) is 9.03. The van der Waals surface area contributed by atoms with E-state index in [2.05, 4.69) is 10.6 Å². The molecule has 1 aliphatic heterocycles. The molecule has 0 aromatic heterocycles. The van der Waals surface area contributed by atoms with Crippen molar-refractivity contribution in [1.29, 1.82) is 0 Å². The molecule has 1 aromatic rings. The van der Waals surface area contributed by atoms with E-state index in [0.717, 1.165) is 0 Å². The van der Waals surface area contributed by atoms with Crippen LogP contribution in [-0.4, -0.2) is 12.5 Å². The molecule has 1 aromatic carbocycles. The Hall–Kier alpha value is -0.850. The molecule has 1 heterocycles. The number of carbonyl (C=O) groups excluding carboxylic acids is 1. The summed E-state index contributed by atoms with van der Waals surface area (Å²) in [6.45, 7) is 4.19. The fourth-order valence-electron chi connectivity index (χ4n) is 1.48. The van der Waals surface area contributed by atoms with E-state index in [1.54, 1.807) is 6.07 Å². The lowest BCUT2D eigenvalue weighted by atomic mass is 9.93. The molecule has 86 valence electrons. The first-order chi connectivity index (χ1) is 7.40. The number of fused-ring (bicyclic) bond motifs is 1. The molecule has 0 radical (unpaired) electrons. The Morgan fingerprint density at radius 1 is 1.38 bits per heavy atom. The van der Waals surface area contributed by atoms with Gasteiger partial charge in [0.2, 0.25) is 5.91 Å². The Bertz CT molecular complexity index is 460. The van der Waals surface area contributed by atoms with E-state index in [1.165, 1.54) is 6.07 Å². The van der Waals surface area contributed by atoms with Crippen LogP contribution < -0.4 is 10.6 Å². The first kappa shape index (κ1) is 11.6. The molecule has 0 spiro atoms. The van der Waals surface area contributed by atoms with Gasteiger partial charge >= 0.3 is 0 Å². The predicted octanol–water partition coefficient (Wildman–Crippen LogP) is 2.82. The summed E-state index contributed by atoms with van der Waals surface area (Å²) < 4.78 is 13.9. The maximum atomic E-state index is 13.4. The fourth-order valence-corrected chi connectivity index (χ4v) is 1.95. The molecule has 3 nitrogen and oxygen atoms in total. The van der Waals surface area contributed by atoms with E-state index in [1.807, 2.05) is 36.4 Å². The van der Waals surface area contributed by atoms with Gasteiger partial charge in [0, 0.05) is 12.6 Å². The van der Waals surface area contributed by atoms with E-state index in [0.29, 0.717) is 21.5 Å². The number of hydrogen-bond donors (Lipinski definition) is 2. The van der Waals surface area contributed by atoms with Crippen LogP contribution in [0.3, 0.4) is 0 Å². The van der Waals surface area contributed by atoms with Gasteiger partial charge in [-0.15, -0.1) is 0 Å². The molecule has 2 rings (SSSR count). The van der Waals surface area contributed by atoms with Crippen molar-refractivity contribution in [3.63, 3.8) is 0 Å². The summed E-state index contributed by atoms with van der Waals surface area (Å²) in [4.78, 5) is 11.8. The van der Waals surface area contributed by atoms with Gasteiger partial charge in [0.1, 0.15) is 5.82 Å². The summed E-state index contributed by atoms with van der Waals surface area (Å²) in [5.74, 6) is -0.332. The SMILES string of the molecule is CC1(C)CNc2cc(F)c(I)cc2NC1=O. The lowest BCUT2D eigenvalue weighted by Crippen LogP contribution is -2.34. The summed E-state index contributed by atoms with van der Waals surface area (Å²) in [7, 11) is 0. The van der Waals surface area contributed by atoms with Gasteiger partial charge in [-0.2, -0.15) is 0 Å². The van der Waals surface area contributed by atoms with Gasteiger partial charge in [0.05, 0.1) is 20.4 Å². The molecule has 0 aliphatic carbocycles. The van der Waals surface area contributed by atoms with Crippen molar-refractivity contribution in [1.82, 2.24) is 0 Å². The van der Waals surface area contributed by atoms with Crippen LogP contribution in [0.25, 0.3) is 0 Å². The second kappa shape index (κ2) is 3.87. The summed E-state index contributed by atoms with van der Waals surface area (Å²) in [5.41, 5.74) is 0.777. The number of carbonyl (C=O) groups is 1. The van der Waals surface area contributed by atoms with E-state index >= 15 is 0 Å². The van der Waals surface area contributed by atoms with Crippen LogP contribution in [0.1, 0.15) is 13.8 Å². The summed E-state index contributed by atoms with van der Waals surface area (Å²) in [6, 6.07) is 3.05. The molecule has 1 aliphatic rings. The van der Waals surface area contributed by atoms with Crippen LogP contribution in [0, 0.1) is 14.8 Å². The Morgan fingerprint density at radius 3 is 2.75 bits per heavy atom. The molecule has 0 saturated carbocycles. The number of rotatable bonds is 0. The quantitative estimate of drug-likeness (QED) is 0.717. The lowest BCUT2D eigenvalue weighted by Gasteiger charge is -2.19. The normalized spacial score (nSPS) is 18.1. The van der Waals surface area contributed by atoms with Crippen molar-refractivity contribution in [3.05, 3.63) is 21.5 Å². The van der Waals surface area contributed by atoms with Crippen LogP contribution in [0.5, 0.6) is 0 Å². The van der Waals surface area contributed by atoms with E-state index < -0.39 is 5.41 Å². The van der Waals surface area contributed by atoms with Gasteiger partial charge < -0.3 is 10.6 Å².